The highest BCUT2D eigenvalue weighted by molar-refractivity contribution is 6.08. The molecule has 1 N–H and O–H groups in total. The third-order valence-electron chi connectivity index (χ3n) is 7.51. The Balaban J connectivity index is 1.75. The van der Waals surface area contributed by atoms with E-state index in [2.05, 4.69) is 9.48 Å². The van der Waals surface area contributed by atoms with Gasteiger partial charge in [0.15, 0.2) is 11.6 Å². The second-order valence-electron chi connectivity index (χ2n) is 9.74. The number of carbonyl (C=O) groups is 1. The van der Waals surface area contributed by atoms with Crippen molar-refractivity contribution in [2.45, 2.75) is 32.6 Å². The largest absolute Gasteiger partial charge is 0.478 e. The molecule has 8 heteroatoms. The van der Waals surface area contributed by atoms with Crippen LogP contribution in [0, 0.1) is 17.5 Å². The number of benzene rings is 3. The SMILES string of the molecule is CCCc1c(F)c(F)c(C(=O)O)c(-c2c3ccc(=[N+]4CCC4)cc-3oc3cc(N4CCC4)ccc23)c1F. The third-order valence-corrected chi connectivity index (χ3v) is 7.51. The van der Waals surface area contributed by atoms with Crippen molar-refractivity contribution in [1.29, 1.82) is 0 Å². The van der Waals surface area contributed by atoms with Crippen LogP contribution in [0.15, 0.2) is 40.8 Å². The van der Waals surface area contributed by atoms with E-state index in [1.54, 1.807) is 19.1 Å². The van der Waals surface area contributed by atoms with E-state index in [9.17, 15) is 14.3 Å². The van der Waals surface area contributed by atoms with Gasteiger partial charge < -0.3 is 14.4 Å². The van der Waals surface area contributed by atoms with Crippen LogP contribution in [0.2, 0.25) is 0 Å². The highest BCUT2D eigenvalue weighted by Gasteiger charge is 2.33. The predicted octanol–water partition coefficient (Wildman–Crippen LogP) is 5.66. The van der Waals surface area contributed by atoms with Gasteiger partial charge in [0, 0.05) is 58.5 Å². The van der Waals surface area contributed by atoms with Crippen LogP contribution < -0.4 is 14.8 Å². The van der Waals surface area contributed by atoms with E-state index >= 15 is 8.78 Å². The van der Waals surface area contributed by atoms with Crippen molar-refractivity contribution >= 4 is 22.6 Å². The average molecular weight is 508 g/mol. The summed E-state index contributed by atoms with van der Waals surface area (Å²) < 4.78 is 54.7. The number of hydrogen-bond acceptors (Lipinski definition) is 3. The summed E-state index contributed by atoms with van der Waals surface area (Å²) in [6, 6.07) is 10.9. The van der Waals surface area contributed by atoms with Crippen molar-refractivity contribution in [2.24, 2.45) is 0 Å². The summed E-state index contributed by atoms with van der Waals surface area (Å²) >= 11 is 0. The standard InChI is InChI=1S/C29H25F3N2O3/c1-2-5-20-26(30)24(25(29(35)36)28(32)27(20)31)23-18-8-6-16(33-10-3-11-33)14-21(18)37-22-15-17(7-9-19(22)23)34-12-4-13-34/h6-9,14-15H,2-5,10-13H2,1H3/p+1. The van der Waals surface area contributed by atoms with E-state index in [-0.39, 0.29) is 12.0 Å². The van der Waals surface area contributed by atoms with Gasteiger partial charge in [0.2, 0.25) is 5.36 Å². The van der Waals surface area contributed by atoms with Gasteiger partial charge in [0.05, 0.1) is 12.5 Å². The Morgan fingerprint density at radius 3 is 2.41 bits per heavy atom. The van der Waals surface area contributed by atoms with Gasteiger partial charge in [-0.2, -0.15) is 0 Å². The lowest BCUT2D eigenvalue weighted by molar-refractivity contribution is 0.0691. The second kappa shape index (κ2) is 8.94. The lowest BCUT2D eigenvalue weighted by atomic mass is 9.87. The average Bonchev–Trinajstić information content (AvgIpc) is 2.80. The minimum Gasteiger partial charge on any atom is -0.478 e. The fraction of sp³-hybridized carbons (Fsp3) is 0.310. The second-order valence-corrected chi connectivity index (χ2v) is 9.74. The molecule has 0 amide bonds. The molecule has 190 valence electrons. The van der Waals surface area contributed by atoms with Crippen molar-refractivity contribution < 1.29 is 27.5 Å². The van der Waals surface area contributed by atoms with Crippen LogP contribution in [-0.4, -0.2) is 37.3 Å². The molecule has 0 radical (unpaired) electrons. The summed E-state index contributed by atoms with van der Waals surface area (Å²) in [5.74, 6) is -5.36. The van der Waals surface area contributed by atoms with Crippen molar-refractivity contribution in [3.8, 4) is 22.5 Å². The fourth-order valence-electron chi connectivity index (χ4n) is 5.29. The van der Waals surface area contributed by atoms with Gasteiger partial charge in [-0.1, -0.05) is 13.3 Å². The van der Waals surface area contributed by atoms with Crippen molar-refractivity contribution in [3.05, 3.63) is 70.3 Å². The van der Waals surface area contributed by atoms with Gasteiger partial charge >= 0.3 is 5.97 Å². The van der Waals surface area contributed by atoms with Crippen LogP contribution in [-0.2, 0) is 6.42 Å². The van der Waals surface area contributed by atoms with Gasteiger partial charge in [0.1, 0.15) is 35.8 Å². The van der Waals surface area contributed by atoms with Gasteiger partial charge in [-0.15, -0.1) is 0 Å². The number of hydrogen-bond donors (Lipinski definition) is 1. The van der Waals surface area contributed by atoms with Gasteiger partial charge in [-0.3, -0.25) is 0 Å². The number of carboxylic acid groups (broad SMARTS) is 1. The molecule has 0 aromatic heterocycles. The molecule has 6 rings (SSSR count). The predicted molar refractivity (Wildman–Crippen MR) is 136 cm³/mol. The van der Waals surface area contributed by atoms with Crippen molar-refractivity contribution in [2.75, 3.05) is 31.1 Å². The van der Waals surface area contributed by atoms with E-state index in [1.807, 2.05) is 24.3 Å². The van der Waals surface area contributed by atoms with E-state index < -0.39 is 40.1 Å². The molecule has 0 saturated carbocycles. The first-order valence-electron chi connectivity index (χ1n) is 12.7. The molecule has 0 bridgehead atoms. The molecule has 1 aliphatic carbocycles. The molecule has 0 atom stereocenters. The van der Waals surface area contributed by atoms with Gasteiger partial charge in [0.25, 0.3) is 0 Å². The smallest absolute Gasteiger partial charge is 0.339 e. The quantitative estimate of drug-likeness (QED) is 0.215. The van der Waals surface area contributed by atoms with Crippen LogP contribution in [0.1, 0.15) is 42.1 Å². The number of anilines is 1. The first-order valence-corrected chi connectivity index (χ1v) is 12.7. The molecule has 3 heterocycles. The van der Waals surface area contributed by atoms with Crippen LogP contribution in [0.5, 0.6) is 0 Å². The molecule has 3 aliphatic heterocycles. The topological polar surface area (TPSA) is 56.7 Å². The van der Waals surface area contributed by atoms with E-state index in [0.29, 0.717) is 28.7 Å². The normalized spacial score (nSPS) is 15.2. The van der Waals surface area contributed by atoms with Crippen LogP contribution in [0.3, 0.4) is 0 Å². The monoisotopic (exact) mass is 507 g/mol. The summed E-state index contributed by atoms with van der Waals surface area (Å²) in [4.78, 5) is 14.4. The fourth-order valence-corrected chi connectivity index (χ4v) is 5.29. The summed E-state index contributed by atoms with van der Waals surface area (Å²) in [5.41, 5.74) is 0.0663. The van der Waals surface area contributed by atoms with E-state index in [4.69, 9.17) is 4.42 Å². The number of nitrogens with zero attached hydrogens (tertiary/aromatic N) is 2. The Kier molecular flexibility index (Phi) is 5.70. The molecular weight excluding hydrogens is 481 g/mol. The molecule has 37 heavy (non-hydrogen) atoms. The van der Waals surface area contributed by atoms with Crippen LogP contribution in [0.4, 0.5) is 18.9 Å². The maximum absolute atomic E-state index is 16.1. The summed E-state index contributed by atoms with van der Waals surface area (Å²) in [6.07, 6.45) is 2.47. The Bertz CT molecular complexity index is 1620. The Morgan fingerprint density at radius 1 is 1.00 bits per heavy atom. The van der Waals surface area contributed by atoms with Gasteiger partial charge in [-0.05, 0) is 31.0 Å². The summed E-state index contributed by atoms with van der Waals surface area (Å²) in [5, 5.41) is 11.3. The zero-order chi connectivity index (χ0) is 25.8. The zero-order valence-electron chi connectivity index (χ0n) is 20.4. The lowest BCUT2D eigenvalue weighted by Crippen LogP contribution is -2.40. The summed E-state index contributed by atoms with van der Waals surface area (Å²) in [7, 11) is 0. The first-order chi connectivity index (χ1) is 17.9. The first kappa shape index (κ1) is 23.6. The Hall–Kier alpha value is -3.81. The highest BCUT2D eigenvalue weighted by atomic mass is 19.2. The molecule has 2 aromatic carbocycles. The Morgan fingerprint density at radius 2 is 1.78 bits per heavy atom. The third kappa shape index (κ3) is 3.69. The van der Waals surface area contributed by atoms with Crippen LogP contribution >= 0.6 is 0 Å². The van der Waals surface area contributed by atoms with Crippen LogP contribution in [0.25, 0.3) is 33.4 Å². The summed E-state index contributed by atoms with van der Waals surface area (Å²) in [6.45, 7) is 5.36. The number of aromatic carboxylic acids is 1. The van der Waals surface area contributed by atoms with Crippen molar-refractivity contribution in [1.82, 2.24) is 4.58 Å². The molecule has 5 nitrogen and oxygen atoms in total. The number of carboxylic acids is 1. The maximum Gasteiger partial charge on any atom is 0.339 e. The number of halogens is 3. The van der Waals surface area contributed by atoms with Gasteiger partial charge in [-0.25, -0.2) is 22.5 Å². The minimum atomic E-state index is -1.73. The van der Waals surface area contributed by atoms with Crippen molar-refractivity contribution in [3.63, 3.8) is 0 Å². The molecule has 4 aliphatic rings. The maximum atomic E-state index is 16.1. The molecule has 2 fully saturated rings. The molecular formula is C29H26F3N2O3+. The zero-order valence-corrected chi connectivity index (χ0v) is 20.4. The molecule has 2 saturated heterocycles. The van der Waals surface area contributed by atoms with E-state index in [1.165, 1.54) is 0 Å². The number of fused-ring (bicyclic) bond motifs is 2. The molecule has 2 aromatic rings. The highest BCUT2D eigenvalue weighted by Crippen LogP contribution is 2.45. The molecule has 0 spiro atoms. The lowest BCUT2D eigenvalue weighted by Gasteiger charge is -2.33. The minimum absolute atomic E-state index is 0.0627. The Labute approximate surface area is 211 Å². The molecule has 0 unspecified atom stereocenters. The number of rotatable bonds is 5. The van der Waals surface area contributed by atoms with E-state index in [0.717, 1.165) is 50.1 Å².